The zero-order valence-electron chi connectivity index (χ0n) is 27.0. The summed E-state index contributed by atoms with van der Waals surface area (Å²) in [6.45, 7) is 0. The largest absolute Gasteiger partial charge is 4.00 e. The van der Waals surface area contributed by atoms with Crippen LogP contribution in [0.1, 0.15) is 0 Å². The molecule has 0 aliphatic carbocycles. The SMILES string of the molecule is C[N+]1=C=[N+](c2[c-]c(Oc3[c-]c(-c4cc(-c5[c-]c(Oc6[c-]cccc6)ccc5)[c-]cn4)c4ccccc4c3)ccc2)C=C1.[C-]#Cn1cccc1.[Pt+2].[Pt+4]. The molecule has 0 amide bonds. The molecule has 0 unspecified atom stereocenters. The van der Waals surface area contributed by atoms with Gasteiger partial charge < -0.3 is 25.4 Å². The fourth-order valence-electron chi connectivity index (χ4n) is 5.08. The van der Waals surface area contributed by atoms with Crippen molar-refractivity contribution >= 4 is 22.5 Å². The van der Waals surface area contributed by atoms with Crippen LogP contribution in [0.5, 0.6) is 23.0 Å². The summed E-state index contributed by atoms with van der Waals surface area (Å²) >= 11 is 0. The van der Waals surface area contributed by atoms with Crippen molar-refractivity contribution in [2.45, 2.75) is 0 Å². The molecular formula is C43H26N4O2Pt2+2. The number of para-hydroxylation sites is 1. The van der Waals surface area contributed by atoms with Crippen molar-refractivity contribution < 1.29 is 60.8 Å². The molecule has 7 aromatic rings. The van der Waals surface area contributed by atoms with Crippen LogP contribution >= 0.6 is 0 Å². The van der Waals surface area contributed by atoms with E-state index < -0.39 is 0 Å². The van der Waals surface area contributed by atoms with Crippen LogP contribution in [0.25, 0.3) is 33.2 Å². The summed E-state index contributed by atoms with van der Waals surface area (Å²) < 4.78 is 17.5. The Morgan fingerprint density at radius 2 is 1.49 bits per heavy atom. The molecule has 51 heavy (non-hydrogen) atoms. The van der Waals surface area contributed by atoms with Crippen LogP contribution in [0.15, 0.2) is 140 Å². The summed E-state index contributed by atoms with van der Waals surface area (Å²) in [6.07, 6.45) is 15.6. The first-order valence-electron chi connectivity index (χ1n) is 15.3. The van der Waals surface area contributed by atoms with Gasteiger partial charge in [0.05, 0.1) is 0 Å². The van der Waals surface area contributed by atoms with Gasteiger partial charge >= 0.3 is 48.1 Å². The average Bonchev–Trinajstić information content (AvgIpc) is 3.85. The number of ether oxygens (including phenoxy) is 2. The van der Waals surface area contributed by atoms with Crippen molar-refractivity contribution in [3.8, 4) is 51.4 Å². The van der Waals surface area contributed by atoms with Gasteiger partial charge in [0.25, 0.3) is 6.20 Å². The molecule has 3 heterocycles. The molecular weight excluding hydrogens is 995 g/mol. The second-order valence-electron chi connectivity index (χ2n) is 10.8. The van der Waals surface area contributed by atoms with E-state index in [9.17, 15) is 0 Å². The van der Waals surface area contributed by atoms with Gasteiger partial charge in [0.2, 0.25) is 6.20 Å². The number of aromatic nitrogens is 2. The summed E-state index contributed by atoms with van der Waals surface area (Å²) in [5, 5.41) is 2.03. The first kappa shape index (κ1) is 36.7. The Morgan fingerprint density at radius 3 is 2.24 bits per heavy atom. The van der Waals surface area contributed by atoms with Crippen molar-refractivity contribution in [1.82, 2.24) is 9.55 Å². The number of rotatable bonds is 7. The number of nitrogens with zero attached hydrogens (tertiary/aromatic N) is 4. The quantitative estimate of drug-likeness (QED) is 0.0911. The van der Waals surface area contributed by atoms with Crippen LogP contribution in [0.3, 0.4) is 0 Å². The second-order valence-corrected chi connectivity index (χ2v) is 10.8. The van der Waals surface area contributed by atoms with Gasteiger partial charge in [-0.3, -0.25) is 11.1 Å². The predicted molar refractivity (Wildman–Crippen MR) is 187 cm³/mol. The van der Waals surface area contributed by atoms with Crippen molar-refractivity contribution in [3.63, 3.8) is 0 Å². The van der Waals surface area contributed by atoms with Gasteiger partial charge in [-0.25, -0.2) is 24.2 Å². The molecule has 0 atom stereocenters. The molecule has 0 N–H and O–H groups in total. The topological polar surface area (TPSA) is 42.3 Å². The summed E-state index contributed by atoms with van der Waals surface area (Å²) in [7, 11) is 1.93. The molecule has 1 aliphatic heterocycles. The van der Waals surface area contributed by atoms with E-state index in [1.54, 1.807) is 23.2 Å². The second kappa shape index (κ2) is 17.4. The van der Waals surface area contributed by atoms with Crippen LogP contribution in [0.4, 0.5) is 5.69 Å². The smallest absolute Gasteiger partial charge is 0.669 e. The van der Waals surface area contributed by atoms with Crippen molar-refractivity contribution in [1.29, 1.82) is 0 Å². The maximum atomic E-state index is 6.57. The summed E-state index contributed by atoms with van der Waals surface area (Å²) in [6, 6.07) is 56.6. The third-order valence-corrected chi connectivity index (χ3v) is 7.36. The third-order valence-electron chi connectivity index (χ3n) is 7.36. The Balaban J connectivity index is 0.000000503. The van der Waals surface area contributed by atoms with Crippen LogP contribution in [-0.4, -0.2) is 31.8 Å². The first-order chi connectivity index (χ1) is 24.1. The molecule has 0 saturated heterocycles. The van der Waals surface area contributed by atoms with E-state index in [4.69, 9.17) is 15.9 Å². The molecule has 248 valence electrons. The maximum absolute atomic E-state index is 6.57. The van der Waals surface area contributed by atoms with Crippen LogP contribution < -0.4 is 9.47 Å². The molecule has 8 rings (SSSR count). The molecule has 0 spiro atoms. The number of hydrogen-bond donors (Lipinski definition) is 0. The average molecular weight is 1020 g/mol. The molecule has 1 aliphatic rings. The van der Waals surface area contributed by atoms with E-state index >= 15 is 0 Å². The molecule has 2 aromatic heterocycles. The number of pyridine rings is 1. The molecule has 8 heteroatoms. The maximum Gasteiger partial charge on any atom is 4.00 e. The molecule has 0 bridgehead atoms. The Hall–Kier alpha value is -5.55. The number of benzene rings is 5. The van der Waals surface area contributed by atoms with Crippen molar-refractivity contribution in [2.75, 3.05) is 7.05 Å². The van der Waals surface area contributed by atoms with E-state index in [0.717, 1.165) is 38.8 Å². The van der Waals surface area contributed by atoms with Crippen LogP contribution in [-0.2, 0) is 42.1 Å². The number of fused-ring (bicyclic) bond motifs is 1. The normalized spacial score (nSPS) is 11.1. The van der Waals surface area contributed by atoms with E-state index in [2.05, 4.69) is 59.5 Å². The van der Waals surface area contributed by atoms with Gasteiger partial charge in [0.15, 0.2) is 7.05 Å². The van der Waals surface area contributed by atoms with Gasteiger partial charge in [-0.2, -0.15) is 36.4 Å². The molecule has 0 radical (unpaired) electrons. The summed E-state index contributed by atoms with van der Waals surface area (Å²) in [5.41, 5.74) is 4.07. The predicted octanol–water partition coefficient (Wildman–Crippen LogP) is 8.98. The van der Waals surface area contributed by atoms with Gasteiger partial charge in [-0.1, -0.05) is 75.0 Å². The number of hydrogen-bond acceptors (Lipinski definition) is 3. The Morgan fingerprint density at radius 1 is 0.745 bits per heavy atom. The van der Waals surface area contributed by atoms with Crippen LogP contribution in [0, 0.1) is 42.8 Å². The fourth-order valence-corrected chi connectivity index (χ4v) is 5.08. The van der Waals surface area contributed by atoms with Gasteiger partial charge in [0, 0.05) is 35.4 Å². The summed E-state index contributed by atoms with van der Waals surface area (Å²) in [4.78, 5) is 4.67. The summed E-state index contributed by atoms with van der Waals surface area (Å²) in [5.74, 6) is 2.37. The van der Waals surface area contributed by atoms with Crippen molar-refractivity contribution in [2.24, 2.45) is 0 Å². The van der Waals surface area contributed by atoms with Gasteiger partial charge in [0.1, 0.15) is 5.69 Å². The minimum Gasteiger partial charge on any atom is -0.669 e. The Labute approximate surface area is 326 Å². The zero-order chi connectivity index (χ0) is 33.4. The van der Waals surface area contributed by atoms with Crippen molar-refractivity contribution in [3.05, 3.63) is 177 Å². The fraction of sp³-hybridized carbons (Fsp3) is 0.0233. The molecule has 0 fully saturated rings. The van der Waals surface area contributed by atoms with E-state index in [-0.39, 0.29) is 42.1 Å². The minimum atomic E-state index is 0. The third kappa shape index (κ3) is 9.17. The standard InChI is InChI=1S/C37H22N3O2.C6H4N.2Pt/c1-39-19-20-40(26-39)30-11-8-15-33(24-30)42-34-22-29-9-5-6-16-35(29)36(25-34)37-23-28(17-18-38-37)27-10-7-14-32(21-27)41-31-12-3-2-4-13-31;1-2-7-5-3-4-6-7;;/h2-12,14-16,18-20,22-23H,1H3;3-6H;;/q-3;-1;+2;+4. The minimum absolute atomic E-state index is 0. The molecule has 5 aromatic carbocycles. The van der Waals surface area contributed by atoms with E-state index in [1.165, 1.54) is 0 Å². The zero-order valence-corrected chi connectivity index (χ0v) is 31.6. The van der Waals surface area contributed by atoms with Gasteiger partial charge in [-0.05, 0) is 12.1 Å². The van der Waals surface area contributed by atoms with Gasteiger partial charge in [-0.15, -0.1) is 35.2 Å². The monoisotopic (exact) mass is 1020 g/mol. The Bertz CT molecular complexity index is 2410. The van der Waals surface area contributed by atoms with E-state index in [1.807, 2.05) is 126 Å². The molecule has 6 nitrogen and oxygen atoms in total. The molecule has 0 saturated carbocycles. The van der Waals surface area contributed by atoms with E-state index in [0.29, 0.717) is 23.0 Å². The first-order valence-corrected chi connectivity index (χ1v) is 15.3. The van der Waals surface area contributed by atoms with Crippen LogP contribution in [0.2, 0.25) is 0 Å². The Kier molecular flexibility index (Phi) is 12.5.